The molecule has 1 aliphatic rings. The van der Waals surface area contributed by atoms with Crippen molar-refractivity contribution in [1.82, 2.24) is 4.90 Å². The average Bonchev–Trinajstić information content (AvgIpc) is 2.40. The van der Waals surface area contributed by atoms with Gasteiger partial charge in [0.15, 0.2) is 0 Å². The van der Waals surface area contributed by atoms with E-state index in [2.05, 4.69) is 4.90 Å². The first-order valence-corrected chi connectivity index (χ1v) is 6.73. The Morgan fingerprint density at radius 1 is 1.22 bits per heavy atom. The van der Waals surface area contributed by atoms with Gasteiger partial charge in [-0.25, -0.2) is 4.39 Å². The van der Waals surface area contributed by atoms with Crippen LogP contribution in [0.2, 0.25) is 0 Å². The maximum absolute atomic E-state index is 13.9. The standard InChI is InChI=1S/C15H20FNO/c16-15-11-13(5-4-10-18)6-7-14(15)12-17-8-2-1-3-9-17/h6-7,10-11H,1-5,8-9,12H2. The highest BCUT2D eigenvalue weighted by molar-refractivity contribution is 5.50. The summed E-state index contributed by atoms with van der Waals surface area (Å²) >= 11 is 0. The van der Waals surface area contributed by atoms with Crippen LogP contribution in [0.4, 0.5) is 4.39 Å². The zero-order valence-electron chi connectivity index (χ0n) is 10.7. The molecule has 3 heteroatoms. The van der Waals surface area contributed by atoms with Crippen LogP contribution in [0, 0.1) is 5.82 Å². The molecule has 0 N–H and O–H groups in total. The number of piperidine rings is 1. The minimum atomic E-state index is -0.135. The second-order valence-corrected chi connectivity index (χ2v) is 4.97. The van der Waals surface area contributed by atoms with E-state index in [1.54, 1.807) is 6.07 Å². The van der Waals surface area contributed by atoms with Gasteiger partial charge in [-0.15, -0.1) is 0 Å². The van der Waals surface area contributed by atoms with Crippen molar-refractivity contribution in [3.05, 3.63) is 35.1 Å². The zero-order valence-corrected chi connectivity index (χ0v) is 10.7. The van der Waals surface area contributed by atoms with E-state index in [-0.39, 0.29) is 5.82 Å². The third-order valence-electron chi connectivity index (χ3n) is 3.51. The number of carbonyl (C=O) groups is 1. The van der Waals surface area contributed by atoms with E-state index in [1.807, 2.05) is 12.1 Å². The number of aryl methyl sites for hydroxylation is 1. The molecular formula is C15H20FNO. The van der Waals surface area contributed by atoms with Crippen molar-refractivity contribution in [2.75, 3.05) is 13.1 Å². The monoisotopic (exact) mass is 249 g/mol. The maximum atomic E-state index is 13.9. The van der Waals surface area contributed by atoms with Crippen LogP contribution in [0.25, 0.3) is 0 Å². The molecule has 0 aromatic heterocycles. The lowest BCUT2D eigenvalue weighted by molar-refractivity contribution is -0.107. The molecule has 0 amide bonds. The number of halogens is 1. The van der Waals surface area contributed by atoms with Gasteiger partial charge in [0.25, 0.3) is 0 Å². The molecule has 1 heterocycles. The van der Waals surface area contributed by atoms with Gasteiger partial charge in [0, 0.05) is 18.5 Å². The first-order valence-electron chi connectivity index (χ1n) is 6.73. The lowest BCUT2D eigenvalue weighted by atomic mass is 10.1. The first-order chi connectivity index (χ1) is 8.79. The Kier molecular flexibility index (Phi) is 4.88. The number of benzene rings is 1. The third kappa shape index (κ3) is 3.64. The van der Waals surface area contributed by atoms with Crippen molar-refractivity contribution in [3.8, 4) is 0 Å². The molecule has 0 atom stereocenters. The van der Waals surface area contributed by atoms with Crippen LogP contribution >= 0.6 is 0 Å². The predicted octanol–water partition coefficient (Wildman–Crippen LogP) is 2.94. The quantitative estimate of drug-likeness (QED) is 0.748. The number of hydrogen-bond acceptors (Lipinski definition) is 2. The van der Waals surface area contributed by atoms with E-state index in [0.717, 1.165) is 30.5 Å². The molecule has 18 heavy (non-hydrogen) atoms. The molecule has 1 aliphatic heterocycles. The van der Waals surface area contributed by atoms with Crippen LogP contribution in [0.1, 0.15) is 36.8 Å². The van der Waals surface area contributed by atoms with Gasteiger partial charge < -0.3 is 4.79 Å². The number of likely N-dealkylation sites (tertiary alicyclic amines) is 1. The summed E-state index contributed by atoms with van der Waals surface area (Å²) in [5.74, 6) is -0.135. The lowest BCUT2D eigenvalue weighted by Gasteiger charge is -2.26. The fraction of sp³-hybridized carbons (Fsp3) is 0.533. The molecule has 0 aliphatic carbocycles. The normalized spacial score (nSPS) is 16.7. The van der Waals surface area contributed by atoms with Crippen LogP contribution in [0.5, 0.6) is 0 Å². The van der Waals surface area contributed by atoms with Crippen molar-refractivity contribution >= 4 is 6.29 Å². The SMILES string of the molecule is O=CCCc1ccc(CN2CCCCC2)c(F)c1. The van der Waals surface area contributed by atoms with Crippen LogP contribution in [0.3, 0.4) is 0 Å². The molecule has 0 spiro atoms. The van der Waals surface area contributed by atoms with Crippen molar-refractivity contribution in [3.63, 3.8) is 0 Å². The van der Waals surface area contributed by atoms with Gasteiger partial charge in [-0.1, -0.05) is 18.6 Å². The first kappa shape index (κ1) is 13.2. The Balaban J connectivity index is 1.97. The largest absolute Gasteiger partial charge is 0.303 e. The van der Waals surface area contributed by atoms with Crippen molar-refractivity contribution in [1.29, 1.82) is 0 Å². The Hall–Kier alpha value is -1.22. The van der Waals surface area contributed by atoms with Crippen molar-refractivity contribution < 1.29 is 9.18 Å². The van der Waals surface area contributed by atoms with E-state index >= 15 is 0 Å². The van der Waals surface area contributed by atoms with Gasteiger partial charge in [0.2, 0.25) is 0 Å². The lowest BCUT2D eigenvalue weighted by Crippen LogP contribution is -2.29. The summed E-state index contributed by atoms with van der Waals surface area (Å²) in [5, 5.41) is 0. The molecule has 0 unspecified atom stereocenters. The van der Waals surface area contributed by atoms with E-state index in [0.29, 0.717) is 19.4 Å². The molecule has 0 saturated carbocycles. The molecule has 2 nitrogen and oxygen atoms in total. The van der Waals surface area contributed by atoms with E-state index < -0.39 is 0 Å². The highest BCUT2D eigenvalue weighted by Crippen LogP contribution is 2.17. The fourth-order valence-electron chi connectivity index (χ4n) is 2.46. The fourth-order valence-corrected chi connectivity index (χ4v) is 2.46. The molecule has 1 aromatic rings. The number of hydrogen-bond donors (Lipinski definition) is 0. The second-order valence-electron chi connectivity index (χ2n) is 4.97. The molecule has 1 aromatic carbocycles. The van der Waals surface area contributed by atoms with Crippen LogP contribution < -0.4 is 0 Å². The summed E-state index contributed by atoms with van der Waals surface area (Å²) in [4.78, 5) is 12.6. The summed E-state index contributed by atoms with van der Waals surface area (Å²) in [5.41, 5.74) is 1.67. The molecule has 98 valence electrons. The summed E-state index contributed by atoms with van der Waals surface area (Å²) in [7, 11) is 0. The Labute approximate surface area is 108 Å². The van der Waals surface area contributed by atoms with Gasteiger partial charge in [-0.2, -0.15) is 0 Å². The van der Waals surface area contributed by atoms with E-state index in [9.17, 15) is 9.18 Å². The number of aldehydes is 1. The third-order valence-corrected chi connectivity index (χ3v) is 3.51. The molecule has 0 bridgehead atoms. The highest BCUT2D eigenvalue weighted by atomic mass is 19.1. The van der Waals surface area contributed by atoms with Gasteiger partial charge in [0.1, 0.15) is 12.1 Å². The minimum absolute atomic E-state index is 0.135. The van der Waals surface area contributed by atoms with Crippen molar-refractivity contribution in [2.45, 2.75) is 38.6 Å². The molecule has 2 rings (SSSR count). The second kappa shape index (κ2) is 6.64. The zero-order chi connectivity index (χ0) is 12.8. The molecule has 1 fully saturated rings. The smallest absolute Gasteiger partial charge is 0.127 e. The van der Waals surface area contributed by atoms with Crippen LogP contribution in [-0.4, -0.2) is 24.3 Å². The van der Waals surface area contributed by atoms with E-state index in [1.165, 1.54) is 19.3 Å². The van der Waals surface area contributed by atoms with Gasteiger partial charge in [-0.3, -0.25) is 4.90 Å². The molecule has 0 radical (unpaired) electrons. The highest BCUT2D eigenvalue weighted by Gasteiger charge is 2.12. The average molecular weight is 249 g/mol. The maximum Gasteiger partial charge on any atom is 0.127 e. The summed E-state index contributed by atoms with van der Waals surface area (Å²) in [6.07, 6.45) is 5.70. The summed E-state index contributed by atoms with van der Waals surface area (Å²) < 4.78 is 13.9. The van der Waals surface area contributed by atoms with E-state index in [4.69, 9.17) is 0 Å². The van der Waals surface area contributed by atoms with Gasteiger partial charge in [0.05, 0.1) is 0 Å². The topological polar surface area (TPSA) is 20.3 Å². The molecular weight excluding hydrogens is 229 g/mol. The summed E-state index contributed by atoms with van der Waals surface area (Å²) in [6, 6.07) is 5.37. The van der Waals surface area contributed by atoms with Gasteiger partial charge >= 0.3 is 0 Å². The van der Waals surface area contributed by atoms with Gasteiger partial charge in [-0.05, 0) is 44.0 Å². The number of carbonyl (C=O) groups excluding carboxylic acids is 1. The minimum Gasteiger partial charge on any atom is -0.303 e. The van der Waals surface area contributed by atoms with Crippen LogP contribution in [0.15, 0.2) is 18.2 Å². The number of rotatable bonds is 5. The van der Waals surface area contributed by atoms with Crippen molar-refractivity contribution in [2.24, 2.45) is 0 Å². The predicted molar refractivity (Wildman–Crippen MR) is 69.9 cm³/mol. The number of nitrogens with zero attached hydrogens (tertiary/aromatic N) is 1. The van der Waals surface area contributed by atoms with Crippen LogP contribution in [-0.2, 0) is 17.8 Å². The molecule has 1 saturated heterocycles. The Morgan fingerprint density at radius 2 is 2.00 bits per heavy atom. The summed E-state index contributed by atoms with van der Waals surface area (Å²) in [6.45, 7) is 2.86. The Morgan fingerprint density at radius 3 is 2.67 bits per heavy atom. The Bertz CT molecular complexity index is 399.